The van der Waals surface area contributed by atoms with E-state index in [1.165, 1.54) is 4.90 Å². The van der Waals surface area contributed by atoms with E-state index >= 15 is 0 Å². The molecule has 7 heteroatoms. The van der Waals surface area contributed by atoms with Crippen LogP contribution in [0.4, 0.5) is 5.82 Å². The molecule has 3 heterocycles. The van der Waals surface area contributed by atoms with Crippen LogP contribution in [-0.4, -0.2) is 45.8 Å². The molecule has 0 spiro atoms. The van der Waals surface area contributed by atoms with Crippen LogP contribution in [0.5, 0.6) is 0 Å². The van der Waals surface area contributed by atoms with Crippen molar-refractivity contribution in [2.24, 2.45) is 11.3 Å². The quantitative estimate of drug-likeness (QED) is 0.763. The van der Waals surface area contributed by atoms with E-state index < -0.39 is 5.41 Å². The second-order valence-electron chi connectivity index (χ2n) is 8.93. The van der Waals surface area contributed by atoms with Crippen molar-refractivity contribution < 1.29 is 9.59 Å². The lowest BCUT2D eigenvalue weighted by molar-refractivity contribution is -0.125. The van der Waals surface area contributed by atoms with Crippen molar-refractivity contribution in [2.75, 3.05) is 19.0 Å². The summed E-state index contributed by atoms with van der Waals surface area (Å²) in [6.07, 6.45) is 8.51. The highest BCUT2D eigenvalue weighted by molar-refractivity contribution is 6.05. The third kappa shape index (κ3) is 3.44. The Bertz CT molecular complexity index is 1130. The number of carbonyl (C=O) groups excluding carboxylic acids is 2. The number of anilines is 1. The molecular weight excluding hydrogens is 390 g/mol. The SMILES string of the molecule is Cc1ncc(C2=CCC3C(=C2)N(c2ccc(C)c(C(=O)N(C)C)n2)C(=O)C3(C)C)cn1. The average molecular weight is 418 g/mol. The van der Waals surface area contributed by atoms with Crippen LogP contribution in [0, 0.1) is 25.2 Å². The number of amides is 2. The lowest BCUT2D eigenvalue weighted by Crippen LogP contribution is -2.32. The van der Waals surface area contributed by atoms with Crippen LogP contribution in [0.2, 0.25) is 0 Å². The topological polar surface area (TPSA) is 79.3 Å². The summed E-state index contributed by atoms with van der Waals surface area (Å²) in [5.41, 5.74) is 3.35. The molecule has 2 aliphatic rings. The minimum atomic E-state index is -0.573. The molecule has 2 amide bonds. The summed E-state index contributed by atoms with van der Waals surface area (Å²) in [5, 5.41) is 0. The molecule has 0 bridgehead atoms. The maximum absolute atomic E-state index is 13.5. The first-order valence-electron chi connectivity index (χ1n) is 10.4. The number of aryl methyl sites for hydroxylation is 2. The highest BCUT2D eigenvalue weighted by Crippen LogP contribution is 2.50. The van der Waals surface area contributed by atoms with Crippen molar-refractivity contribution in [3.63, 3.8) is 0 Å². The fourth-order valence-electron chi connectivity index (χ4n) is 4.17. The number of fused-ring (bicyclic) bond motifs is 1. The summed E-state index contributed by atoms with van der Waals surface area (Å²) in [6.45, 7) is 7.65. The zero-order valence-electron chi connectivity index (χ0n) is 18.8. The highest BCUT2D eigenvalue weighted by atomic mass is 16.2. The van der Waals surface area contributed by atoms with Gasteiger partial charge in [0.1, 0.15) is 17.3 Å². The lowest BCUT2D eigenvalue weighted by Gasteiger charge is -2.26. The molecule has 0 N–H and O–H groups in total. The molecular formula is C24H27N5O2. The standard InChI is InChI=1S/C24H27N5O2/c1-14-7-10-20(27-21(14)22(30)28(5)6)29-19-11-16(17-12-25-15(2)26-13-17)8-9-18(19)24(3,4)23(29)31/h7-8,10-13,18H,9H2,1-6H3. The summed E-state index contributed by atoms with van der Waals surface area (Å²) in [4.78, 5) is 42.5. The van der Waals surface area contributed by atoms with Gasteiger partial charge in [-0.3, -0.25) is 14.5 Å². The Morgan fingerprint density at radius 3 is 2.48 bits per heavy atom. The van der Waals surface area contributed by atoms with E-state index in [0.29, 0.717) is 17.3 Å². The molecule has 1 saturated heterocycles. The summed E-state index contributed by atoms with van der Waals surface area (Å²) >= 11 is 0. The molecule has 1 fully saturated rings. The second-order valence-corrected chi connectivity index (χ2v) is 8.93. The van der Waals surface area contributed by atoms with Gasteiger partial charge < -0.3 is 4.90 Å². The van der Waals surface area contributed by atoms with Gasteiger partial charge in [0, 0.05) is 43.7 Å². The fourth-order valence-corrected chi connectivity index (χ4v) is 4.17. The number of allylic oxidation sites excluding steroid dienone is 4. The zero-order chi connectivity index (χ0) is 22.5. The Hall–Kier alpha value is -3.35. The van der Waals surface area contributed by atoms with Gasteiger partial charge in [-0.2, -0.15) is 0 Å². The number of pyridine rings is 1. The monoisotopic (exact) mass is 417 g/mol. The molecule has 0 saturated carbocycles. The van der Waals surface area contributed by atoms with Crippen LogP contribution < -0.4 is 4.90 Å². The predicted molar refractivity (Wildman–Crippen MR) is 119 cm³/mol. The van der Waals surface area contributed by atoms with Crippen LogP contribution in [-0.2, 0) is 4.79 Å². The van der Waals surface area contributed by atoms with Gasteiger partial charge in [-0.1, -0.05) is 26.0 Å². The second kappa shape index (κ2) is 7.41. The van der Waals surface area contributed by atoms with Gasteiger partial charge in [-0.25, -0.2) is 15.0 Å². The lowest BCUT2D eigenvalue weighted by atomic mass is 9.75. The van der Waals surface area contributed by atoms with Gasteiger partial charge >= 0.3 is 0 Å². The number of carbonyl (C=O) groups is 2. The normalized spacial score (nSPS) is 19.6. The van der Waals surface area contributed by atoms with Crippen LogP contribution in [0.1, 0.15) is 47.7 Å². The largest absolute Gasteiger partial charge is 0.343 e. The van der Waals surface area contributed by atoms with Crippen LogP contribution in [0.3, 0.4) is 0 Å². The van der Waals surface area contributed by atoms with Gasteiger partial charge in [0.15, 0.2) is 0 Å². The molecule has 7 nitrogen and oxygen atoms in total. The van der Waals surface area contributed by atoms with Crippen LogP contribution >= 0.6 is 0 Å². The first-order chi connectivity index (χ1) is 14.6. The van der Waals surface area contributed by atoms with Crippen LogP contribution in [0.25, 0.3) is 5.57 Å². The summed E-state index contributed by atoms with van der Waals surface area (Å²) in [6, 6.07) is 3.66. The molecule has 1 aliphatic carbocycles. The van der Waals surface area contributed by atoms with E-state index in [9.17, 15) is 9.59 Å². The average Bonchev–Trinajstić information content (AvgIpc) is 2.94. The van der Waals surface area contributed by atoms with E-state index in [0.717, 1.165) is 28.8 Å². The third-order valence-corrected chi connectivity index (χ3v) is 6.15. The Labute approximate surface area is 182 Å². The molecule has 1 aliphatic heterocycles. The van der Waals surface area contributed by atoms with E-state index in [2.05, 4.69) is 21.0 Å². The Morgan fingerprint density at radius 2 is 1.84 bits per heavy atom. The maximum Gasteiger partial charge on any atom is 0.272 e. The molecule has 4 rings (SSSR count). The van der Waals surface area contributed by atoms with E-state index in [1.54, 1.807) is 31.4 Å². The first-order valence-corrected chi connectivity index (χ1v) is 10.4. The van der Waals surface area contributed by atoms with Crippen molar-refractivity contribution in [2.45, 2.75) is 34.1 Å². The van der Waals surface area contributed by atoms with E-state index in [1.807, 2.05) is 45.9 Å². The van der Waals surface area contributed by atoms with Crippen molar-refractivity contribution in [3.8, 4) is 0 Å². The zero-order valence-corrected chi connectivity index (χ0v) is 18.8. The van der Waals surface area contributed by atoms with Crippen molar-refractivity contribution in [1.82, 2.24) is 19.9 Å². The molecule has 2 aromatic heterocycles. The van der Waals surface area contributed by atoms with Crippen molar-refractivity contribution in [3.05, 3.63) is 65.0 Å². The van der Waals surface area contributed by atoms with Gasteiger partial charge in [0.05, 0.1) is 5.41 Å². The first kappa shape index (κ1) is 20.9. The van der Waals surface area contributed by atoms with E-state index in [4.69, 9.17) is 0 Å². The number of hydrogen-bond acceptors (Lipinski definition) is 5. The molecule has 1 atom stereocenters. The summed E-state index contributed by atoms with van der Waals surface area (Å²) in [7, 11) is 3.39. The van der Waals surface area contributed by atoms with Gasteiger partial charge in [-0.05, 0) is 43.5 Å². The molecule has 0 aromatic carbocycles. The van der Waals surface area contributed by atoms with E-state index in [-0.39, 0.29) is 17.7 Å². The molecule has 160 valence electrons. The number of hydrogen-bond donors (Lipinski definition) is 0. The van der Waals surface area contributed by atoms with Gasteiger partial charge in [0.2, 0.25) is 5.91 Å². The van der Waals surface area contributed by atoms with Crippen molar-refractivity contribution in [1.29, 1.82) is 0 Å². The Morgan fingerprint density at radius 1 is 1.16 bits per heavy atom. The smallest absolute Gasteiger partial charge is 0.272 e. The fraction of sp³-hybridized carbons (Fsp3) is 0.375. The minimum Gasteiger partial charge on any atom is -0.343 e. The molecule has 2 aromatic rings. The predicted octanol–water partition coefficient (Wildman–Crippen LogP) is 3.55. The maximum atomic E-state index is 13.5. The Balaban J connectivity index is 1.81. The molecule has 31 heavy (non-hydrogen) atoms. The Kier molecular flexibility index (Phi) is 5.00. The minimum absolute atomic E-state index is 0.0156. The summed E-state index contributed by atoms with van der Waals surface area (Å²) < 4.78 is 0. The van der Waals surface area contributed by atoms with Crippen LogP contribution in [0.15, 0.2) is 42.4 Å². The van der Waals surface area contributed by atoms with Gasteiger partial charge in [-0.15, -0.1) is 0 Å². The molecule has 0 radical (unpaired) electrons. The number of rotatable bonds is 3. The highest BCUT2D eigenvalue weighted by Gasteiger charge is 2.52. The summed E-state index contributed by atoms with van der Waals surface area (Å²) in [5.74, 6) is 1.02. The number of aromatic nitrogens is 3. The third-order valence-electron chi connectivity index (χ3n) is 6.15. The van der Waals surface area contributed by atoms with Gasteiger partial charge in [0.25, 0.3) is 5.91 Å². The number of nitrogens with zero attached hydrogens (tertiary/aromatic N) is 5. The molecule has 1 unspecified atom stereocenters. The van der Waals surface area contributed by atoms with Crippen molar-refractivity contribution >= 4 is 23.2 Å².